The van der Waals surface area contributed by atoms with Gasteiger partial charge in [-0.15, -0.1) is 0 Å². The van der Waals surface area contributed by atoms with Gasteiger partial charge in [0, 0.05) is 0 Å². The molecule has 2 N–H and O–H groups in total. The SMILES string of the molecule is O=COOS(=O)(=O)CC(O)C#CCO. The first-order chi connectivity index (χ1) is 6.52. The maximum Gasteiger partial charge on any atom is 0.332 e. The number of aliphatic hydroxyl groups excluding tert-OH is 2. The summed E-state index contributed by atoms with van der Waals surface area (Å²) in [6.07, 6.45) is -1.51. The molecule has 0 aromatic carbocycles. The van der Waals surface area contributed by atoms with Crippen LogP contribution in [-0.2, 0) is 24.1 Å². The normalized spacial score (nSPS) is 12.4. The van der Waals surface area contributed by atoms with Gasteiger partial charge in [-0.2, -0.15) is 8.42 Å². The maximum absolute atomic E-state index is 10.8. The van der Waals surface area contributed by atoms with E-state index in [4.69, 9.17) is 10.2 Å². The summed E-state index contributed by atoms with van der Waals surface area (Å²) >= 11 is 0. The molecule has 0 spiro atoms. The monoisotopic (exact) mass is 224 g/mol. The molecule has 0 heterocycles. The van der Waals surface area contributed by atoms with Gasteiger partial charge >= 0.3 is 16.6 Å². The van der Waals surface area contributed by atoms with E-state index in [1.54, 1.807) is 0 Å². The average Bonchev–Trinajstić information content (AvgIpc) is 2.11. The number of aliphatic hydroxyl groups is 2. The van der Waals surface area contributed by atoms with Crippen molar-refractivity contribution in [2.45, 2.75) is 6.10 Å². The molecular formula is C6H8O7S. The summed E-state index contributed by atoms with van der Waals surface area (Å²) < 4.78 is 25.2. The van der Waals surface area contributed by atoms with Crippen molar-refractivity contribution < 1.29 is 32.6 Å². The van der Waals surface area contributed by atoms with E-state index in [0.717, 1.165) is 0 Å². The molecule has 80 valence electrons. The van der Waals surface area contributed by atoms with Crippen molar-refractivity contribution in [1.82, 2.24) is 0 Å². The van der Waals surface area contributed by atoms with Crippen molar-refractivity contribution in [3.63, 3.8) is 0 Å². The third-order valence-corrected chi connectivity index (χ3v) is 1.90. The van der Waals surface area contributed by atoms with Crippen LogP contribution in [0.15, 0.2) is 0 Å². The number of rotatable bonds is 5. The molecular weight excluding hydrogens is 216 g/mol. The summed E-state index contributed by atoms with van der Waals surface area (Å²) in [6.45, 7) is -0.716. The molecule has 8 heteroatoms. The zero-order valence-electron chi connectivity index (χ0n) is 6.91. The van der Waals surface area contributed by atoms with E-state index in [0.29, 0.717) is 0 Å². The molecule has 7 nitrogen and oxygen atoms in total. The molecule has 0 fully saturated rings. The van der Waals surface area contributed by atoms with Crippen LogP contribution < -0.4 is 0 Å². The highest BCUT2D eigenvalue weighted by molar-refractivity contribution is 7.86. The molecule has 0 aromatic heterocycles. The van der Waals surface area contributed by atoms with Crippen molar-refractivity contribution in [2.24, 2.45) is 0 Å². The summed E-state index contributed by atoms with van der Waals surface area (Å²) in [4.78, 5) is 13.1. The van der Waals surface area contributed by atoms with Gasteiger partial charge in [-0.1, -0.05) is 16.2 Å². The van der Waals surface area contributed by atoms with Crippen LogP contribution in [0.3, 0.4) is 0 Å². The summed E-state index contributed by atoms with van der Waals surface area (Å²) in [7, 11) is -4.16. The highest BCUT2D eigenvalue weighted by atomic mass is 32.2. The van der Waals surface area contributed by atoms with Crippen molar-refractivity contribution >= 4 is 16.6 Å². The summed E-state index contributed by atoms with van der Waals surface area (Å²) in [5.74, 6) is 3.22. The molecule has 0 aliphatic heterocycles. The third kappa shape index (κ3) is 6.38. The Morgan fingerprint density at radius 3 is 2.64 bits per heavy atom. The van der Waals surface area contributed by atoms with Gasteiger partial charge in [-0.3, -0.25) is 9.68 Å². The largest absolute Gasteiger partial charge is 0.384 e. The van der Waals surface area contributed by atoms with Gasteiger partial charge in [0.25, 0.3) is 0 Å². The highest BCUT2D eigenvalue weighted by Crippen LogP contribution is 1.96. The van der Waals surface area contributed by atoms with Crippen LogP contribution in [0.4, 0.5) is 0 Å². The van der Waals surface area contributed by atoms with Gasteiger partial charge in [0.1, 0.15) is 18.5 Å². The van der Waals surface area contributed by atoms with Crippen molar-refractivity contribution in [3.05, 3.63) is 0 Å². The fourth-order valence-corrected chi connectivity index (χ4v) is 1.18. The molecule has 0 aromatic rings. The molecule has 0 aliphatic carbocycles. The van der Waals surface area contributed by atoms with E-state index in [1.165, 1.54) is 0 Å². The minimum Gasteiger partial charge on any atom is -0.384 e. The average molecular weight is 224 g/mol. The first-order valence-electron chi connectivity index (χ1n) is 3.30. The zero-order valence-corrected chi connectivity index (χ0v) is 7.73. The van der Waals surface area contributed by atoms with Crippen LogP contribution in [0, 0.1) is 11.8 Å². The number of hydrogen-bond acceptors (Lipinski definition) is 7. The Bertz CT molecular complexity index is 322. The fraction of sp³-hybridized carbons (Fsp3) is 0.500. The zero-order chi connectivity index (χ0) is 11.0. The summed E-state index contributed by atoms with van der Waals surface area (Å²) in [5.41, 5.74) is 0. The molecule has 0 amide bonds. The predicted molar refractivity (Wildman–Crippen MR) is 42.9 cm³/mol. The van der Waals surface area contributed by atoms with E-state index in [2.05, 4.69) is 15.1 Å². The fourth-order valence-electron chi connectivity index (χ4n) is 0.502. The van der Waals surface area contributed by atoms with Crippen molar-refractivity contribution in [3.8, 4) is 11.8 Å². The Morgan fingerprint density at radius 2 is 2.14 bits per heavy atom. The van der Waals surface area contributed by atoms with Crippen LogP contribution in [0.1, 0.15) is 0 Å². The Hall–Kier alpha value is -1.14. The molecule has 1 unspecified atom stereocenters. The molecule has 1 atom stereocenters. The van der Waals surface area contributed by atoms with Crippen LogP contribution >= 0.6 is 0 Å². The standard InChI is InChI=1S/C6H8O7S/c7-3-1-2-6(9)4-14(10,11)13-12-5-8/h5-7,9H,3-4H2. The molecule has 0 aliphatic rings. The van der Waals surface area contributed by atoms with E-state index in [1.807, 2.05) is 5.92 Å². The maximum atomic E-state index is 10.8. The van der Waals surface area contributed by atoms with Crippen molar-refractivity contribution in [2.75, 3.05) is 12.4 Å². The summed E-state index contributed by atoms with van der Waals surface area (Å²) in [5, 5.41) is 17.1. The second kappa shape index (κ2) is 6.33. The molecule has 0 saturated heterocycles. The number of carbonyl (C=O) groups is 1. The smallest absolute Gasteiger partial charge is 0.332 e. The first-order valence-corrected chi connectivity index (χ1v) is 4.88. The van der Waals surface area contributed by atoms with Crippen LogP contribution in [0.5, 0.6) is 0 Å². The molecule has 0 rings (SSSR count). The van der Waals surface area contributed by atoms with Crippen LogP contribution in [0.2, 0.25) is 0 Å². The van der Waals surface area contributed by atoms with Gasteiger partial charge in [0.15, 0.2) is 0 Å². The minimum absolute atomic E-state index is 0.219. The number of hydrogen-bond donors (Lipinski definition) is 2. The van der Waals surface area contributed by atoms with Gasteiger partial charge in [-0.05, 0) is 0 Å². The first kappa shape index (κ1) is 12.9. The van der Waals surface area contributed by atoms with Crippen molar-refractivity contribution in [1.29, 1.82) is 0 Å². The number of carbonyl (C=O) groups excluding carboxylic acids is 1. The second-order valence-corrected chi connectivity index (χ2v) is 3.56. The third-order valence-electron chi connectivity index (χ3n) is 0.892. The van der Waals surface area contributed by atoms with Gasteiger partial charge in [0.2, 0.25) is 0 Å². The van der Waals surface area contributed by atoms with Gasteiger partial charge in [0.05, 0.1) is 0 Å². The molecule has 14 heavy (non-hydrogen) atoms. The lowest BCUT2D eigenvalue weighted by Crippen LogP contribution is -2.21. The minimum atomic E-state index is -4.16. The summed E-state index contributed by atoms with van der Waals surface area (Å²) in [6, 6.07) is 0. The van der Waals surface area contributed by atoms with Crippen LogP contribution in [-0.4, -0.2) is 43.6 Å². The Balaban J connectivity index is 4.15. The lowest BCUT2D eigenvalue weighted by atomic mass is 10.4. The molecule has 0 radical (unpaired) electrons. The van der Waals surface area contributed by atoms with Crippen LogP contribution in [0.25, 0.3) is 0 Å². The van der Waals surface area contributed by atoms with E-state index in [9.17, 15) is 13.2 Å². The van der Waals surface area contributed by atoms with E-state index >= 15 is 0 Å². The lowest BCUT2D eigenvalue weighted by molar-refractivity contribution is -0.193. The lowest BCUT2D eigenvalue weighted by Gasteiger charge is -2.02. The second-order valence-electron chi connectivity index (χ2n) is 1.98. The highest BCUT2D eigenvalue weighted by Gasteiger charge is 2.17. The topological polar surface area (TPSA) is 110 Å². The Kier molecular flexibility index (Phi) is 5.82. The predicted octanol–water partition coefficient (Wildman–Crippen LogP) is -2.22. The molecule has 0 saturated carbocycles. The molecule has 0 bridgehead atoms. The quantitative estimate of drug-likeness (QED) is 0.235. The van der Waals surface area contributed by atoms with Gasteiger partial charge < -0.3 is 10.2 Å². The Labute approximate surface area is 80.3 Å². The van der Waals surface area contributed by atoms with Gasteiger partial charge in [-0.25, -0.2) is 0 Å². The van der Waals surface area contributed by atoms with E-state index < -0.39 is 28.6 Å². The Morgan fingerprint density at radius 1 is 1.50 bits per heavy atom. The van der Waals surface area contributed by atoms with E-state index in [-0.39, 0.29) is 6.47 Å².